The number of aldehydes is 1. The van der Waals surface area contributed by atoms with Crippen LogP contribution in [-0.4, -0.2) is 67.1 Å². The Kier molecular flexibility index (Phi) is 24.0. The van der Waals surface area contributed by atoms with Gasteiger partial charge in [0.25, 0.3) is 0 Å². The Bertz CT molecular complexity index is 963. The first-order valence-corrected chi connectivity index (χ1v) is 13.6. The number of carboxylic acids is 1. The molecule has 10 nitrogen and oxygen atoms in total. The molecule has 0 heterocycles. The number of methoxy groups -OCH3 is 1. The van der Waals surface area contributed by atoms with Crippen LogP contribution in [-0.2, 0) is 23.9 Å². The van der Waals surface area contributed by atoms with Gasteiger partial charge in [0, 0.05) is 25.1 Å². The number of carbonyl (C=O) groups is 4. The summed E-state index contributed by atoms with van der Waals surface area (Å²) in [5.74, 6) is -0.740. The highest BCUT2D eigenvalue weighted by Gasteiger charge is 2.14. The third-order valence-electron chi connectivity index (χ3n) is 5.34. The largest absolute Gasteiger partial charge is 0.490 e. The Morgan fingerprint density at radius 3 is 2.24 bits per heavy atom. The number of amides is 2. The van der Waals surface area contributed by atoms with Gasteiger partial charge in [-0.2, -0.15) is 0 Å². The minimum absolute atomic E-state index is 0.00965. The van der Waals surface area contributed by atoms with Crippen LogP contribution in [0.25, 0.3) is 0 Å². The summed E-state index contributed by atoms with van der Waals surface area (Å²) in [5.41, 5.74) is 6.15. The summed E-state index contributed by atoms with van der Waals surface area (Å²) in [5, 5.41) is 11.6. The number of ether oxygens (including phenoxy) is 2. The molecule has 0 aromatic rings. The molecular formula is C31H49N3O7. The van der Waals surface area contributed by atoms with E-state index in [1.807, 2.05) is 52.0 Å². The van der Waals surface area contributed by atoms with Gasteiger partial charge in [0.15, 0.2) is 5.76 Å². The number of nitrogens with two attached hydrogens (primary N) is 1. The molecule has 0 aromatic heterocycles. The Morgan fingerprint density at radius 2 is 1.73 bits per heavy atom. The van der Waals surface area contributed by atoms with Crippen LogP contribution >= 0.6 is 0 Å². The molecule has 10 heteroatoms. The maximum Gasteiger partial charge on any atom is 0.404 e. The quantitative estimate of drug-likeness (QED) is 0.0676. The number of hydrogen-bond donors (Lipinski definition) is 3. The highest BCUT2D eigenvalue weighted by molar-refractivity contribution is 5.84. The number of carbonyl (C=O) groups excluding carboxylic acids is 3. The standard InChI is InChI=1S/C16H22O4.C15H27N3O3/c1-13(8-5-4-6-11-17)12-14(2)9-7-10-15(20-3)16(18)19;1-5-6-8-13(21-15(16)20)9-7-10-18(12(2)3)14(19)11-17-4/h4-6,8,10-12,14H,7,9H2,1-3H3,(H,18,19);5-7,10,12-13,17H,8-9,11H2,1-4H3,(H2,16,20)/b6-4-,8-5-,13-12+,15-10+;6-5-,10-7-/t14-;13-/m10/s1. The van der Waals surface area contributed by atoms with E-state index in [0.29, 0.717) is 25.2 Å². The maximum absolute atomic E-state index is 11.9. The molecule has 230 valence electrons. The fraction of sp³-hybridized carbons (Fsp3) is 0.484. The number of primary amides is 1. The SMILES string of the molecule is C/C=C\C[C@@H](C/C=C\N(C(=O)CNC)C(C)C)OC(N)=O.CO/C(=C/CC[C@@H](C)/C=C(C)/C=C\C=C/C=O)C(=O)O. The van der Waals surface area contributed by atoms with Gasteiger partial charge in [0.1, 0.15) is 12.4 Å². The van der Waals surface area contributed by atoms with Gasteiger partial charge >= 0.3 is 12.1 Å². The van der Waals surface area contributed by atoms with Crippen molar-refractivity contribution in [1.29, 1.82) is 0 Å². The number of nitrogens with one attached hydrogen (secondary N) is 1. The molecule has 4 N–H and O–H groups in total. The monoisotopic (exact) mass is 575 g/mol. The highest BCUT2D eigenvalue weighted by atomic mass is 16.6. The molecule has 0 unspecified atom stereocenters. The average molecular weight is 576 g/mol. The van der Waals surface area contributed by atoms with E-state index in [9.17, 15) is 19.2 Å². The number of nitrogens with zero attached hydrogens (tertiary/aromatic N) is 1. The molecule has 0 fully saturated rings. The molecule has 2 amide bonds. The van der Waals surface area contributed by atoms with Crippen LogP contribution in [0.4, 0.5) is 4.79 Å². The highest BCUT2D eigenvalue weighted by Crippen LogP contribution is 2.13. The predicted molar refractivity (Wildman–Crippen MR) is 163 cm³/mol. The van der Waals surface area contributed by atoms with Crippen molar-refractivity contribution < 1.29 is 33.8 Å². The van der Waals surface area contributed by atoms with E-state index in [-0.39, 0.29) is 30.4 Å². The second-order valence-electron chi connectivity index (χ2n) is 9.33. The molecule has 0 aromatic carbocycles. The van der Waals surface area contributed by atoms with Crippen LogP contribution in [0.2, 0.25) is 0 Å². The van der Waals surface area contributed by atoms with Crippen molar-refractivity contribution in [2.24, 2.45) is 11.7 Å². The zero-order chi connectivity index (χ0) is 31.6. The molecule has 0 bridgehead atoms. The van der Waals surface area contributed by atoms with Crippen molar-refractivity contribution in [3.05, 3.63) is 72.2 Å². The van der Waals surface area contributed by atoms with Crippen LogP contribution in [0.1, 0.15) is 60.3 Å². The number of hydrogen-bond acceptors (Lipinski definition) is 7. The van der Waals surface area contributed by atoms with Crippen molar-refractivity contribution >= 4 is 24.3 Å². The normalized spacial score (nSPS) is 13.9. The van der Waals surface area contributed by atoms with Gasteiger partial charge in [-0.1, -0.05) is 55.0 Å². The van der Waals surface area contributed by atoms with Gasteiger partial charge in [-0.15, -0.1) is 0 Å². The summed E-state index contributed by atoms with van der Waals surface area (Å²) in [7, 11) is 3.08. The topological polar surface area (TPSA) is 148 Å². The third-order valence-corrected chi connectivity index (χ3v) is 5.34. The number of aliphatic carboxylic acids is 1. The van der Waals surface area contributed by atoms with Crippen LogP contribution in [0.15, 0.2) is 72.2 Å². The van der Waals surface area contributed by atoms with Crippen molar-refractivity contribution in [3.8, 4) is 0 Å². The van der Waals surface area contributed by atoms with Crippen LogP contribution in [0.5, 0.6) is 0 Å². The van der Waals surface area contributed by atoms with E-state index in [2.05, 4.69) is 18.3 Å². The molecular weight excluding hydrogens is 526 g/mol. The summed E-state index contributed by atoms with van der Waals surface area (Å²) < 4.78 is 9.77. The van der Waals surface area contributed by atoms with E-state index >= 15 is 0 Å². The molecule has 0 rings (SSSR count). The van der Waals surface area contributed by atoms with Gasteiger partial charge in [0.2, 0.25) is 5.91 Å². The van der Waals surface area contributed by atoms with Gasteiger partial charge in [-0.25, -0.2) is 9.59 Å². The van der Waals surface area contributed by atoms with Crippen LogP contribution < -0.4 is 11.1 Å². The average Bonchev–Trinajstić information content (AvgIpc) is 2.89. The Labute approximate surface area is 245 Å². The summed E-state index contributed by atoms with van der Waals surface area (Å²) in [6.07, 6.45) is 20.1. The number of allylic oxidation sites excluding steroid dienone is 8. The van der Waals surface area contributed by atoms with Crippen LogP contribution in [0, 0.1) is 5.92 Å². The zero-order valence-corrected chi connectivity index (χ0v) is 25.5. The molecule has 0 saturated carbocycles. The van der Waals surface area contributed by atoms with E-state index in [1.54, 1.807) is 36.4 Å². The molecule has 0 spiro atoms. The van der Waals surface area contributed by atoms with Gasteiger partial charge in [0.05, 0.1) is 13.7 Å². The van der Waals surface area contributed by atoms with Gasteiger partial charge in [-0.05, 0) is 65.7 Å². The third kappa shape index (κ3) is 22.6. The molecule has 0 aliphatic heterocycles. The summed E-state index contributed by atoms with van der Waals surface area (Å²) >= 11 is 0. The molecule has 0 aliphatic rings. The predicted octanol–water partition coefficient (Wildman–Crippen LogP) is 5.05. The zero-order valence-electron chi connectivity index (χ0n) is 25.5. The summed E-state index contributed by atoms with van der Waals surface area (Å²) in [6.45, 7) is 10.1. The van der Waals surface area contributed by atoms with Gasteiger partial charge in [-0.3, -0.25) is 9.59 Å². The number of likely N-dealkylation sites (N-methyl/N-ethyl adjacent to an activating group) is 1. The molecule has 0 radical (unpaired) electrons. The fourth-order valence-electron chi connectivity index (χ4n) is 3.40. The minimum atomic E-state index is -1.04. The Morgan fingerprint density at radius 1 is 1.07 bits per heavy atom. The lowest BCUT2D eigenvalue weighted by Gasteiger charge is -2.23. The lowest BCUT2D eigenvalue weighted by Crippen LogP contribution is -2.37. The molecule has 0 saturated heterocycles. The van der Waals surface area contributed by atoms with Crippen LogP contribution in [0.3, 0.4) is 0 Å². The number of rotatable bonds is 18. The van der Waals surface area contributed by atoms with Crippen molar-refractivity contribution in [2.75, 3.05) is 20.7 Å². The summed E-state index contributed by atoms with van der Waals surface area (Å²) in [4.78, 5) is 45.2. The first-order chi connectivity index (χ1) is 19.4. The van der Waals surface area contributed by atoms with E-state index in [0.717, 1.165) is 18.3 Å². The van der Waals surface area contributed by atoms with E-state index < -0.39 is 12.1 Å². The molecule has 0 aliphatic carbocycles. The molecule has 2 atom stereocenters. The van der Waals surface area contributed by atoms with Gasteiger partial charge < -0.3 is 30.5 Å². The Hall–Kier alpha value is -3.92. The first-order valence-electron chi connectivity index (χ1n) is 13.6. The Balaban J connectivity index is 0. The molecule has 41 heavy (non-hydrogen) atoms. The van der Waals surface area contributed by atoms with Crippen molar-refractivity contribution in [3.63, 3.8) is 0 Å². The lowest BCUT2D eigenvalue weighted by atomic mass is 10.0. The smallest absolute Gasteiger partial charge is 0.404 e. The maximum atomic E-state index is 11.9. The van der Waals surface area contributed by atoms with E-state index in [4.69, 9.17) is 20.3 Å². The lowest BCUT2D eigenvalue weighted by molar-refractivity contribution is -0.136. The first kappa shape index (κ1) is 39.2. The van der Waals surface area contributed by atoms with Crippen molar-refractivity contribution in [2.45, 2.75) is 72.4 Å². The minimum Gasteiger partial charge on any atom is -0.490 e. The van der Waals surface area contributed by atoms with E-state index in [1.165, 1.54) is 13.2 Å². The second kappa shape index (κ2) is 25.1. The summed E-state index contributed by atoms with van der Waals surface area (Å²) in [6, 6.07) is 0.0631. The fourth-order valence-corrected chi connectivity index (χ4v) is 3.40. The van der Waals surface area contributed by atoms with Crippen molar-refractivity contribution in [1.82, 2.24) is 10.2 Å². The second-order valence-corrected chi connectivity index (χ2v) is 9.33. The number of carboxylic acid groups (broad SMARTS) is 1.